The lowest BCUT2D eigenvalue weighted by molar-refractivity contribution is 0.375. The van der Waals surface area contributed by atoms with Crippen molar-refractivity contribution in [1.29, 1.82) is 0 Å². The second kappa shape index (κ2) is 5.27. The van der Waals surface area contributed by atoms with E-state index in [2.05, 4.69) is 29.3 Å². The maximum absolute atomic E-state index is 5.67. The molecule has 0 radical (unpaired) electrons. The highest BCUT2D eigenvalue weighted by atomic mass is 32.2. The van der Waals surface area contributed by atoms with Crippen LogP contribution in [-0.4, -0.2) is 11.7 Å². The maximum atomic E-state index is 5.67. The van der Waals surface area contributed by atoms with E-state index in [1.165, 1.54) is 5.56 Å². The SMILES string of the molecule is c1ccc(CSC2=Nc3ccccc3OC2)cc1. The van der Waals surface area contributed by atoms with Crippen LogP contribution < -0.4 is 4.74 Å². The summed E-state index contributed by atoms with van der Waals surface area (Å²) < 4.78 is 5.67. The highest BCUT2D eigenvalue weighted by molar-refractivity contribution is 8.13. The van der Waals surface area contributed by atoms with Crippen LogP contribution in [0.5, 0.6) is 5.75 Å². The Kier molecular flexibility index (Phi) is 3.33. The van der Waals surface area contributed by atoms with Crippen LogP contribution in [0.4, 0.5) is 5.69 Å². The first-order chi connectivity index (χ1) is 8.92. The zero-order chi connectivity index (χ0) is 12.2. The van der Waals surface area contributed by atoms with Gasteiger partial charge >= 0.3 is 0 Å². The van der Waals surface area contributed by atoms with Gasteiger partial charge in [-0.25, -0.2) is 4.99 Å². The number of rotatable bonds is 2. The molecule has 0 saturated heterocycles. The first-order valence-electron chi connectivity index (χ1n) is 5.88. The fraction of sp³-hybridized carbons (Fsp3) is 0.133. The van der Waals surface area contributed by atoms with E-state index in [-0.39, 0.29) is 0 Å². The van der Waals surface area contributed by atoms with Crippen LogP contribution in [0.3, 0.4) is 0 Å². The molecule has 1 aliphatic rings. The molecule has 90 valence electrons. The average Bonchev–Trinajstić information content (AvgIpc) is 2.46. The number of fused-ring (bicyclic) bond motifs is 1. The molecular weight excluding hydrogens is 242 g/mol. The molecule has 1 heterocycles. The monoisotopic (exact) mass is 255 g/mol. The van der Waals surface area contributed by atoms with Gasteiger partial charge in [-0.2, -0.15) is 0 Å². The van der Waals surface area contributed by atoms with E-state index in [4.69, 9.17) is 4.74 Å². The van der Waals surface area contributed by atoms with E-state index < -0.39 is 0 Å². The Morgan fingerprint density at radius 2 is 1.78 bits per heavy atom. The second-order valence-corrected chi connectivity index (χ2v) is 5.08. The topological polar surface area (TPSA) is 21.6 Å². The van der Waals surface area contributed by atoms with Gasteiger partial charge in [0, 0.05) is 5.75 Å². The molecule has 3 rings (SSSR count). The normalized spacial score (nSPS) is 13.4. The highest BCUT2D eigenvalue weighted by Gasteiger charge is 2.12. The number of para-hydroxylation sites is 2. The molecule has 2 aromatic carbocycles. The van der Waals surface area contributed by atoms with Gasteiger partial charge in [0.15, 0.2) is 0 Å². The lowest BCUT2D eigenvalue weighted by atomic mass is 10.2. The molecule has 0 atom stereocenters. The largest absolute Gasteiger partial charge is 0.484 e. The number of benzene rings is 2. The van der Waals surface area contributed by atoms with Crippen LogP contribution in [0.25, 0.3) is 0 Å². The Morgan fingerprint density at radius 1 is 1.00 bits per heavy atom. The first kappa shape index (κ1) is 11.4. The summed E-state index contributed by atoms with van der Waals surface area (Å²) in [5.41, 5.74) is 2.24. The summed E-state index contributed by atoms with van der Waals surface area (Å²) in [5.74, 6) is 1.81. The zero-order valence-electron chi connectivity index (χ0n) is 9.87. The van der Waals surface area contributed by atoms with Crippen molar-refractivity contribution >= 4 is 22.5 Å². The fourth-order valence-electron chi connectivity index (χ4n) is 1.79. The smallest absolute Gasteiger partial charge is 0.145 e. The molecule has 0 saturated carbocycles. The lowest BCUT2D eigenvalue weighted by Crippen LogP contribution is -2.11. The van der Waals surface area contributed by atoms with Crippen molar-refractivity contribution in [3.05, 3.63) is 60.2 Å². The quantitative estimate of drug-likeness (QED) is 0.807. The van der Waals surface area contributed by atoms with Crippen molar-refractivity contribution in [2.24, 2.45) is 4.99 Å². The molecular formula is C15H13NOS. The Morgan fingerprint density at radius 3 is 2.67 bits per heavy atom. The number of ether oxygens (including phenoxy) is 1. The molecule has 0 bridgehead atoms. The van der Waals surface area contributed by atoms with Crippen LogP contribution in [0.15, 0.2) is 59.6 Å². The third kappa shape index (κ3) is 2.57. The van der Waals surface area contributed by atoms with Gasteiger partial charge < -0.3 is 4.74 Å². The summed E-state index contributed by atoms with van der Waals surface area (Å²) in [6.45, 7) is 0.578. The van der Waals surface area contributed by atoms with Crippen LogP contribution in [0.1, 0.15) is 5.56 Å². The molecule has 0 amide bonds. The number of hydrogen-bond acceptors (Lipinski definition) is 3. The summed E-state index contributed by atoms with van der Waals surface area (Å²) >= 11 is 1.74. The van der Waals surface area contributed by atoms with Crippen molar-refractivity contribution in [1.82, 2.24) is 0 Å². The molecule has 0 fully saturated rings. The summed E-state index contributed by atoms with van der Waals surface area (Å²) in [7, 11) is 0. The fourth-order valence-corrected chi connectivity index (χ4v) is 2.62. The number of nitrogens with zero attached hydrogens (tertiary/aromatic N) is 1. The average molecular weight is 255 g/mol. The van der Waals surface area contributed by atoms with Gasteiger partial charge in [0.2, 0.25) is 0 Å². The van der Waals surface area contributed by atoms with Gasteiger partial charge in [-0.1, -0.05) is 42.5 Å². The molecule has 3 heteroatoms. The third-order valence-corrected chi connectivity index (χ3v) is 3.73. The summed E-state index contributed by atoms with van der Waals surface area (Å²) in [5, 5.41) is 1.04. The van der Waals surface area contributed by atoms with Crippen LogP contribution in [-0.2, 0) is 5.75 Å². The van der Waals surface area contributed by atoms with Gasteiger partial charge in [-0.05, 0) is 17.7 Å². The van der Waals surface area contributed by atoms with Gasteiger partial charge in [-0.3, -0.25) is 0 Å². The van der Waals surface area contributed by atoms with Gasteiger partial charge in [0.05, 0.1) is 0 Å². The molecule has 0 spiro atoms. The minimum absolute atomic E-state index is 0.578. The standard InChI is InChI=1S/C15H13NOS/c1-2-6-12(7-3-1)11-18-15-10-17-14-9-5-4-8-13(14)16-15/h1-9H,10-11H2. The molecule has 0 aliphatic carbocycles. The van der Waals surface area contributed by atoms with Crippen molar-refractivity contribution in [3.8, 4) is 5.75 Å². The van der Waals surface area contributed by atoms with E-state index in [1.807, 2.05) is 30.3 Å². The Bertz CT molecular complexity index is 566. The summed E-state index contributed by atoms with van der Waals surface area (Å²) in [6, 6.07) is 18.3. The minimum atomic E-state index is 0.578. The van der Waals surface area contributed by atoms with Crippen molar-refractivity contribution in [2.45, 2.75) is 5.75 Å². The molecule has 18 heavy (non-hydrogen) atoms. The third-order valence-electron chi connectivity index (χ3n) is 2.71. The molecule has 2 aromatic rings. The predicted octanol–water partition coefficient (Wildman–Crippen LogP) is 4.04. The van der Waals surface area contributed by atoms with Crippen LogP contribution in [0.2, 0.25) is 0 Å². The van der Waals surface area contributed by atoms with Crippen molar-refractivity contribution < 1.29 is 4.74 Å². The van der Waals surface area contributed by atoms with Gasteiger partial charge in [0.25, 0.3) is 0 Å². The van der Waals surface area contributed by atoms with E-state index in [0.29, 0.717) is 6.61 Å². The number of thioether (sulfide) groups is 1. The van der Waals surface area contributed by atoms with E-state index in [9.17, 15) is 0 Å². The molecule has 2 nitrogen and oxygen atoms in total. The predicted molar refractivity (Wildman–Crippen MR) is 76.8 cm³/mol. The van der Waals surface area contributed by atoms with Gasteiger partial charge in [-0.15, -0.1) is 11.8 Å². The molecule has 1 aliphatic heterocycles. The maximum Gasteiger partial charge on any atom is 0.145 e. The molecule has 0 N–H and O–H groups in total. The Hall–Kier alpha value is -1.74. The molecule has 0 aromatic heterocycles. The van der Waals surface area contributed by atoms with E-state index in [0.717, 1.165) is 22.2 Å². The van der Waals surface area contributed by atoms with Crippen molar-refractivity contribution in [2.75, 3.05) is 6.61 Å². The van der Waals surface area contributed by atoms with Crippen LogP contribution >= 0.6 is 11.8 Å². The summed E-state index contributed by atoms with van der Waals surface area (Å²) in [4.78, 5) is 4.62. The minimum Gasteiger partial charge on any atom is -0.484 e. The highest BCUT2D eigenvalue weighted by Crippen LogP contribution is 2.32. The van der Waals surface area contributed by atoms with E-state index in [1.54, 1.807) is 11.8 Å². The van der Waals surface area contributed by atoms with Gasteiger partial charge in [0.1, 0.15) is 23.1 Å². The summed E-state index contributed by atoms with van der Waals surface area (Å²) in [6.07, 6.45) is 0. The first-order valence-corrected chi connectivity index (χ1v) is 6.86. The molecule has 0 unspecified atom stereocenters. The Balaban J connectivity index is 1.70. The van der Waals surface area contributed by atoms with Crippen molar-refractivity contribution in [3.63, 3.8) is 0 Å². The lowest BCUT2D eigenvalue weighted by Gasteiger charge is -2.16. The van der Waals surface area contributed by atoms with Crippen LogP contribution in [0, 0.1) is 0 Å². The second-order valence-electron chi connectivity index (χ2n) is 4.04. The number of hydrogen-bond donors (Lipinski definition) is 0. The number of aliphatic imine (C=N–C) groups is 1. The zero-order valence-corrected chi connectivity index (χ0v) is 10.7. The Labute approximate surface area is 111 Å². The van der Waals surface area contributed by atoms with E-state index >= 15 is 0 Å².